The molecular formula is C16H17FN2O2. The maximum absolute atomic E-state index is 12.7. The number of carbonyl (C=O) groups is 1. The van der Waals surface area contributed by atoms with E-state index in [1.807, 2.05) is 12.1 Å². The van der Waals surface area contributed by atoms with E-state index in [1.165, 1.54) is 12.1 Å². The van der Waals surface area contributed by atoms with Crippen LogP contribution in [-0.4, -0.2) is 12.5 Å². The van der Waals surface area contributed by atoms with Crippen molar-refractivity contribution in [2.75, 3.05) is 6.61 Å². The Balaban J connectivity index is 1.78. The Hall–Kier alpha value is -2.40. The Morgan fingerprint density at radius 3 is 2.62 bits per heavy atom. The van der Waals surface area contributed by atoms with Crippen LogP contribution in [0.1, 0.15) is 11.1 Å². The molecule has 0 spiro atoms. The smallest absolute Gasteiger partial charge is 0.258 e. The van der Waals surface area contributed by atoms with Gasteiger partial charge in [0.05, 0.1) is 0 Å². The molecule has 0 saturated heterocycles. The zero-order chi connectivity index (χ0) is 15.1. The van der Waals surface area contributed by atoms with Gasteiger partial charge in [0.15, 0.2) is 6.61 Å². The number of carbonyl (C=O) groups excluding carboxylic acids is 1. The van der Waals surface area contributed by atoms with Gasteiger partial charge in [-0.05, 0) is 35.4 Å². The molecule has 2 rings (SSSR count). The van der Waals surface area contributed by atoms with E-state index in [2.05, 4.69) is 5.32 Å². The second kappa shape index (κ2) is 7.40. The first kappa shape index (κ1) is 15.0. The number of hydrogen-bond acceptors (Lipinski definition) is 3. The Kier molecular flexibility index (Phi) is 5.29. The van der Waals surface area contributed by atoms with Gasteiger partial charge in [-0.15, -0.1) is 0 Å². The molecule has 0 bridgehead atoms. The summed E-state index contributed by atoms with van der Waals surface area (Å²) in [5, 5.41) is 2.71. The highest BCUT2D eigenvalue weighted by atomic mass is 19.1. The molecule has 0 atom stereocenters. The summed E-state index contributed by atoms with van der Waals surface area (Å²) in [6.07, 6.45) is 0. The van der Waals surface area contributed by atoms with E-state index < -0.39 is 0 Å². The van der Waals surface area contributed by atoms with E-state index in [0.29, 0.717) is 18.8 Å². The second-order valence-electron chi connectivity index (χ2n) is 4.54. The molecule has 5 heteroatoms. The molecule has 0 aliphatic rings. The summed E-state index contributed by atoms with van der Waals surface area (Å²) < 4.78 is 18.1. The van der Waals surface area contributed by atoms with Crippen molar-refractivity contribution >= 4 is 5.91 Å². The lowest BCUT2D eigenvalue weighted by Gasteiger charge is -2.08. The number of amides is 1. The molecule has 2 aromatic carbocycles. The van der Waals surface area contributed by atoms with Crippen molar-refractivity contribution in [2.45, 2.75) is 13.1 Å². The zero-order valence-corrected chi connectivity index (χ0v) is 11.5. The van der Waals surface area contributed by atoms with Crippen molar-refractivity contribution in [3.8, 4) is 5.75 Å². The van der Waals surface area contributed by atoms with E-state index in [9.17, 15) is 9.18 Å². The lowest BCUT2D eigenvalue weighted by Crippen LogP contribution is -2.28. The highest BCUT2D eigenvalue weighted by Gasteiger charge is 2.03. The Bertz CT molecular complexity index is 599. The second-order valence-corrected chi connectivity index (χ2v) is 4.54. The molecule has 110 valence electrons. The third-order valence-electron chi connectivity index (χ3n) is 2.91. The number of halogens is 1. The lowest BCUT2D eigenvalue weighted by molar-refractivity contribution is -0.123. The fraction of sp³-hybridized carbons (Fsp3) is 0.188. The van der Waals surface area contributed by atoms with Crippen LogP contribution >= 0.6 is 0 Å². The maximum Gasteiger partial charge on any atom is 0.258 e. The fourth-order valence-electron chi connectivity index (χ4n) is 1.77. The van der Waals surface area contributed by atoms with Crippen molar-refractivity contribution in [3.63, 3.8) is 0 Å². The van der Waals surface area contributed by atoms with Crippen molar-refractivity contribution in [2.24, 2.45) is 5.73 Å². The van der Waals surface area contributed by atoms with Crippen LogP contribution in [0.15, 0.2) is 48.5 Å². The summed E-state index contributed by atoms with van der Waals surface area (Å²) in [5.41, 5.74) is 7.31. The molecule has 21 heavy (non-hydrogen) atoms. The Morgan fingerprint density at radius 2 is 1.90 bits per heavy atom. The van der Waals surface area contributed by atoms with E-state index in [1.54, 1.807) is 24.3 Å². The molecule has 4 nitrogen and oxygen atoms in total. The van der Waals surface area contributed by atoms with Gasteiger partial charge < -0.3 is 15.8 Å². The largest absolute Gasteiger partial charge is 0.484 e. The van der Waals surface area contributed by atoms with Crippen molar-refractivity contribution in [1.82, 2.24) is 5.32 Å². The van der Waals surface area contributed by atoms with Crippen molar-refractivity contribution < 1.29 is 13.9 Å². The molecular weight excluding hydrogens is 271 g/mol. The highest BCUT2D eigenvalue weighted by Crippen LogP contribution is 2.12. The van der Waals surface area contributed by atoms with Gasteiger partial charge in [-0.1, -0.05) is 24.3 Å². The number of nitrogens with one attached hydrogen (secondary N) is 1. The van der Waals surface area contributed by atoms with Gasteiger partial charge in [0.1, 0.15) is 11.6 Å². The summed E-state index contributed by atoms with van der Waals surface area (Å²) in [6, 6.07) is 13.3. The minimum absolute atomic E-state index is 0.0742. The van der Waals surface area contributed by atoms with Crippen LogP contribution in [0.4, 0.5) is 4.39 Å². The first-order chi connectivity index (χ1) is 10.2. The highest BCUT2D eigenvalue weighted by molar-refractivity contribution is 5.77. The first-order valence-corrected chi connectivity index (χ1v) is 6.60. The fourth-order valence-corrected chi connectivity index (χ4v) is 1.77. The quantitative estimate of drug-likeness (QED) is 0.854. The predicted octanol–water partition coefficient (Wildman–Crippen LogP) is 1.98. The number of rotatable bonds is 6. The van der Waals surface area contributed by atoms with E-state index >= 15 is 0 Å². The third kappa shape index (κ3) is 4.89. The zero-order valence-electron chi connectivity index (χ0n) is 11.5. The van der Waals surface area contributed by atoms with Gasteiger partial charge in [-0.3, -0.25) is 4.79 Å². The summed E-state index contributed by atoms with van der Waals surface area (Å²) in [6.45, 7) is 0.689. The topological polar surface area (TPSA) is 64.3 Å². The minimum atomic E-state index is -0.298. The van der Waals surface area contributed by atoms with E-state index in [-0.39, 0.29) is 18.3 Å². The van der Waals surface area contributed by atoms with Crippen LogP contribution in [0.2, 0.25) is 0 Å². The maximum atomic E-state index is 12.7. The molecule has 0 aliphatic carbocycles. The van der Waals surface area contributed by atoms with E-state index in [4.69, 9.17) is 10.5 Å². The minimum Gasteiger partial charge on any atom is -0.484 e. The average molecular weight is 288 g/mol. The van der Waals surface area contributed by atoms with Gasteiger partial charge in [-0.25, -0.2) is 4.39 Å². The molecule has 1 amide bonds. The third-order valence-corrected chi connectivity index (χ3v) is 2.91. The van der Waals surface area contributed by atoms with Gasteiger partial charge >= 0.3 is 0 Å². The summed E-state index contributed by atoms with van der Waals surface area (Å²) in [5.74, 6) is 0.0700. The Morgan fingerprint density at radius 1 is 1.14 bits per heavy atom. The SMILES string of the molecule is NCc1cccc(OCC(=O)NCc2ccc(F)cc2)c1. The van der Waals surface area contributed by atoms with Crippen molar-refractivity contribution in [1.29, 1.82) is 0 Å². The molecule has 0 fully saturated rings. The molecule has 3 N–H and O–H groups in total. The lowest BCUT2D eigenvalue weighted by atomic mass is 10.2. The monoisotopic (exact) mass is 288 g/mol. The molecule has 0 saturated carbocycles. The standard InChI is InChI=1S/C16H17FN2O2/c17-14-6-4-12(5-7-14)10-19-16(20)11-21-15-3-1-2-13(8-15)9-18/h1-8H,9-11,18H2,(H,19,20). The normalized spacial score (nSPS) is 10.2. The van der Waals surface area contributed by atoms with Crippen molar-refractivity contribution in [3.05, 3.63) is 65.5 Å². The number of nitrogens with two attached hydrogens (primary N) is 1. The van der Waals surface area contributed by atoms with Crippen LogP contribution in [0.3, 0.4) is 0 Å². The van der Waals surface area contributed by atoms with Gasteiger partial charge in [0.25, 0.3) is 5.91 Å². The van der Waals surface area contributed by atoms with Gasteiger partial charge in [0.2, 0.25) is 0 Å². The molecule has 0 aliphatic heterocycles. The predicted molar refractivity (Wildman–Crippen MR) is 78.1 cm³/mol. The van der Waals surface area contributed by atoms with E-state index in [0.717, 1.165) is 11.1 Å². The number of ether oxygens (including phenoxy) is 1. The molecule has 0 unspecified atom stereocenters. The summed E-state index contributed by atoms with van der Waals surface area (Å²) >= 11 is 0. The Labute approximate surface area is 122 Å². The number of hydrogen-bond donors (Lipinski definition) is 2. The molecule has 0 aromatic heterocycles. The molecule has 0 radical (unpaired) electrons. The molecule has 2 aromatic rings. The van der Waals surface area contributed by atoms with Crippen LogP contribution in [0.5, 0.6) is 5.75 Å². The average Bonchev–Trinajstić information content (AvgIpc) is 2.52. The summed E-state index contributed by atoms with van der Waals surface area (Å²) in [7, 11) is 0. The number of benzene rings is 2. The van der Waals surface area contributed by atoms with Gasteiger partial charge in [0, 0.05) is 13.1 Å². The van der Waals surface area contributed by atoms with Crippen LogP contribution in [0, 0.1) is 5.82 Å². The molecule has 0 heterocycles. The van der Waals surface area contributed by atoms with Gasteiger partial charge in [-0.2, -0.15) is 0 Å². The first-order valence-electron chi connectivity index (χ1n) is 6.60. The summed E-state index contributed by atoms with van der Waals surface area (Å²) in [4.78, 5) is 11.7. The van der Waals surface area contributed by atoms with Crippen LogP contribution < -0.4 is 15.8 Å². The van der Waals surface area contributed by atoms with Crippen LogP contribution in [-0.2, 0) is 17.9 Å². The van der Waals surface area contributed by atoms with Crippen LogP contribution in [0.25, 0.3) is 0 Å².